The molecule has 18 heavy (non-hydrogen) atoms. The molecule has 1 aromatic carbocycles. The number of benzene rings is 1. The zero-order chi connectivity index (χ0) is 13.8. The van der Waals surface area contributed by atoms with Crippen molar-refractivity contribution < 1.29 is 14.3 Å². The van der Waals surface area contributed by atoms with Gasteiger partial charge >= 0.3 is 5.97 Å². The SMILES string of the molecule is CCOCc1cc(C(=O)OC)cc(C(C)(C)C)c1. The predicted octanol–water partition coefficient (Wildman–Crippen LogP) is 3.31. The molecule has 0 N–H and O–H groups in total. The van der Waals surface area contributed by atoms with Crippen molar-refractivity contribution in [2.75, 3.05) is 13.7 Å². The van der Waals surface area contributed by atoms with Crippen LogP contribution in [-0.2, 0) is 21.5 Å². The second-order valence-electron chi connectivity index (χ2n) is 5.30. The quantitative estimate of drug-likeness (QED) is 0.769. The van der Waals surface area contributed by atoms with Crippen LogP contribution >= 0.6 is 0 Å². The van der Waals surface area contributed by atoms with E-state index in [0.29, 0.717) is 18.8 Å². The number of rotatable bonds is 4. The third kappa shape index (κ3) is 3.84. The molecule has 0 amide bonds. The third-order valence-corrected chi connectivity index (χ3v) is 2.75. The number of carbonyl (C=O) groups excluding carboxylic acids is 1. The van der Waals surface area contributed by atoms with Crippen molar-refractivity contribution in [2.24, 2.45) is 0 Å². The normalized spacial score (nSPS) is 11.4. The number of hydrogen-bond donors (Lipinski definition) is 0. The summed E-state index contributed by atoms with van der Waals surface area (Å²) in [6, 6.07) is 5.81. The molecule has 1 rings (SSSR count). The van der Waals surface area contributed by atoms with E-state index >= 15 is 0 Å². The minimum atomic E-state index is -0.307. The lowest BCUT2D eigenvalue weighted by Crippen LogP contribution is -2.14. The van der Waals surface area contributed by atoms with Gasteiger partial charge in [-0.25, -0.2) is 4.79 Å². The van der Waals surface area contributed by atoms with Crippen molar-refractivity contribution in [3.05, 3.63) is 34.9 Å². The van der Waals surface area contributed by atoms with Crippen LogP contribution in [0.2, 0.25) is 0 Å². The van der Waals surface area contributed by atoms with Crippen LogP contribution in [0.1, 0.15) is 49.2 Å². The van der Waals surface area contributed by atoms with Crippen LogP contribution in [0, 0.1) is 0 Å². The summed E-state index contributed by atoms with van der Waals surface area (Å²) in [6.45, 7) is 9.49. The van der Waals surface area contributed by atoms with Gasteiger partial charge < -0.3 is 9.47 Å². The molecule has 0 atom stereocenters. The second kappa shape index (κ2) is 6.01. The van der Waals surface area contributed by atoms with Crippen LogP contribution in [0.5, 0.6) is 0 Å². The van der Waals surface area contributed by atoms with Gasteiger partial charge in [0.1, 0.15) is 0 Å². The average Bonchev–Trinajstić information content (AvgIpc) is 2.33. The third-order valence-electron chi connectivity index (χ3n) is 2.75. The molecule has 0 aliphatic heterocycles. The molecule has 0 radical (unpaired) electrons. The van der Waals surface area contributed by atoms with E-state index < -0.39 is 0 Å². The molecule has 0 heterocycles. The minimum absolute atomic E-state index is 0.00893. The molecule has 3 heteroatoms. The lowest BCUT2D eigenvalue weighted by atomic mass is 9.85. The zero-order valence-corrected chi connectivity index (χ0v) is 11.9. The first kappa shape index (κ1) is 14.7. The van der Waals surface area contributed by atoms with Gasteiger partial charge in [-0.15, -0.1) is 0 Å². The molecule has 3 nitrogen and oxygen atoms in total. The molecule has 0 bridgehead atoms. The van der Waals surface area contributed by atoms with Crippen molar-refractivity contribution >= 4 is 5.97 Å². The summed E-state index contributed by atoms with van der Waals surface area (Å²) in [4.78, 5) is 11.7. The number of esters is 1. The fraction of sp³-hybridized carbons (Fsp3) is 0.533. The summed E-state index contributed by atoms with van der Waals surface area (Å²) >= 11 is 0. The van der Waals surface area contributed by atoms with Crippen LogP contribution in [0.3, 0.4) is 0 Å². The smallest absolute Gasteiger partial charge is 0.337 e. The summed E-state index contributed by atoms with van der Waals surface area (Å²) in [6.07, 6.45) is 0. The Balaban J connectivity index is 3.16. The molecule has 0 spiro atoms. The topological polar surface area (TPSA) is 35.5 Å². The Hall–Kier alpha value is -1.35. The van der Waals surface area contributed by atoms with Crippen molar-refractivity contribution in [1.82, 2.24) is 0 Å². The molecular weight excluding hydrogens is 228 g/mol. The number of carbonyl (C=O) groups is 1. The van der Waals surface area contributed by atoms with Gasteiger partial charge in [-0.1, -0.05) is 26.8 Å². The Morgan fingerprint density at radius 3 is 2.39 bits per heavy atom. The van der Waals surface area contributed by atoms with E-state index in [1.54, 1.807) is 0 Å². The molecule has 0 fully saturated rings. The first-order valence-electron chi connectivity index (χ1n) is 6.19. The van der Waals surface area contributed by atoms with Gasteiger partial charge in [-0.05, 0) is 35.6 Å². The highest BCUT2D eigenvalue weighted by molar-refractivity contribution is 5.89. The second-order valence-corrected chi connectivity index (χ2v) is 5.30. The molecule has 0 saturated carbocycles. The standard InChI is InChI=1S/C15H22O3/c1-6-18-10-11-7-12(14(16)17-5)9-13(8-11)15(2,3)4/h7-9H,6,10H2,1-5H3. The predicted molar refractivity (Wildman–Crippen MR) is 71.8 cm³/mol. The number of ether oxygens (including phenoxy) is 2. The van der Waals surface area contributed by atoms with Crippen molar-refractivity contribution in [1.29, 1.82) is 0 Å². The molecule has 0 unspecified atom stereocenters. The van der Waals surface area contributed by atoms with Crippen molar-refractivity contribution in [2.45, 2.75) is 39.7 Å². The van der Waals surface area contributed by atoms with Gasteiger partial charge in [-0.2, -0.15) is 0 Å². The highest BCUT2D eigenvalue weighted by Crippen LogP contribution is 2.25. The summed E-state index contributed by atoms with van der Waals surface area (Å²) in [5, 5.41) is 0. The lowest BCUT2D eigenvalue weighted by molar-refractivity contribution is 0.0600. The number of methoxy groups -OCH3 is 1. The summed E-state index contributed by atoms with van der Waals surface area (Å²) in [5.41, 5.74) is 2.69. The molecule has 0 saturated heterocycles. The highest BCUT2D eigenvalue weighted by atomic mass is 16.5. The fourth-order valence-corrected chi connectivity index (χ4v) is 1.66. The lowest BCUT2D eigenvalue weighted by Gasteiger charge is -2.21. The van der Waals surface area contributed by atoms with E-state index in [9.17, 15) is 4.79 Å². The Kier molecular flexibility index (Phi) is 4.91. The Morgan fingerprint density at radius 1 is 1.22 bits per heavy atom. The van der Waals surface area contributed by atoms with Crippen molar-refractivity contribution in [3.8, 4) is 0 Å². The molecule has 0 aliphatic rings. The fourth-order valence-electron chi connectivity index (χ4n) is 1.66. The van der Waals surface area contributed by atoms with E-state index in [0.717, 1.165) is 11.1 Å². The van der Waals surface area contributed by atoms with E-state index in [-0.39, 0.29) is 11.4 Å². The monoisotopic (exact) mass is 250 g/mol. The highest BCUT2D eigenvalue weighted by Gasteiger charge is 2.17. The molecule has 0 aromatic heterocycles. The first-order valence-corrected chi connectivity index (χ1v) is 6.19. The van der Waals surface area contributed by atoms with E-state index in [1.807, 2.05) is 19.1 Å². The van der Waals surface area contributed by atoms with Crippen LogP contribution in [0.15, 0.2) is 18.2 Å². The van der Waals surface area contributed by atoms with Gasteiger partial charge in [0, 0.05) is 6.61 Å². The molecule has 100 valence electrons. The Labute approximate surface area is 109 Å². The molecule has 0 aliphatic carbocycles. The van der Waals surface area contributed by atoms with Crippen LogP contribution in [-0.4, -0.2) is 19.7 Å². The van der Waals surface area contributed by atoms with Crippen LogP contribution in [0.25, 0.3) is 0 Å². The zero-order valence-electron chi connectivity index (χ0n) is 11.9. The molecule has 1 aromatic rings. The van der Waals surface area contributed by atoms with E-state index in [4.69, 9.17) is 9.47 Å². The average molecular weight is 250 g/mol. The summed E-state index contributed by atoms with van der Waals surface area (Å²) in [5.74, 6) is -0.307. The van der Waals surface area contributed by atoms with Gasteiger partial charge in [0.15, 0.2) is 0 Å². The summed E-state index contributed by atoms with van der Waals surface area (Å²) in [7, 11) is 1.40. The maximum absolute atomic E-state index is 11.7. The van der Waals surface area contributed by atoms with Gasteiger partial charge in [0.25, 0.3) is 0 Å². The van der Waals surface area contributed by atoms with Gasteiger partial charge in [0.05, 0.1) is 19.3 Å². The Bertz CT molecular complexity index is 416. The van der Waals surface area contributed by atoms with Crippen LogP contribution < -0.4 is 0 Å². The van der Waals surface area contributed by atoms with Crippen molar-refractivity contribution in [3.63, 3.8) is 0 Å². The van der Waals surface area contributed by atoms with E-state index in [2.05, 4.69) is 26.8 Å². The summed E-state index contributed by atoms with van der Waals surface area (Å²) < 4.78 is 10.2. The van der Waals surface area contributed by atoms with E-state index in [1.165, 1.54) is 7.11 Å². The number of hydrogen-bond acceptors (Lipinski definition) is 3. The van der Waals surface area contributed by atoms with Crippen LogP contribution in [0.4, 0.5) is 0 Å². The van der Waals surface area contributed by atoms with Gasteiger partial charge in [-0.3, -0.25) is 0 Å². The molecular formula is C15H22O3. The maximum Gasteiger partial charge on any atom is 0.337 e. The first-order chi connectivity index (χ1) is 8.38. The Morgan fingerprint density at radius 2 is 1.89 bits per heavy atom. The minimum Gasteiger partial charge on any atom is -0.465 e. The maximum atomic E-state index is 11.7. The largest absolute Gasteiger partial charge is 0.465 e. The van der Waals surface area contributed by atoms with Gasteiger partial charge in [0.2, 0.25) is 0 Å².